The molecule has 8 heteroatoms. The van der Waals surface area contributed by atoms with Gasteiger partial charge in [-0.25, -0.2) is 0 Å². The third-order valence-corrected chi connectivity index (χ3v) is 6.94. The largest absolute Gasteiger partial charge is 0.488 e. The monoisotopic (exact) mass is 492 g/mol. The maximum absolute atomic E-state index is 13.2. The molecule has 3 N–H and O–H groups in total. The van der Waals surface area contributed by atoms with E-state index >= 15 is 0 Å². The van der Waals surface area contributed by atoms with Crippen molar-refractivity contribution in [3.63, 3.8) is 0 Å². The zero-order chi connectivity index (χ0) is 25.8. The average Bonchev–Trinajstić information content (AvgIpc) is 3.19. The van der Waals surface area contributed by atoms with Gasteiger partial charge in [0.15, 0.2) is 0 Å². The molecular weight excluding hydrogens is 456 g/mol. The molecule has 0 spiro atoms. The molecule has 0 bridgehead atoms. The molecule has 1 aliphatic heterocycles. The number of para-hydroxylation sites is 1. The van der Waals surface area contributed by atoms with Crippen molar-refractivity contribution >= 4 is 28.4 Å². The van der Waals surface area contributed by atoms with Crippen molar-refractivity contribution in [2.75, 3.05) is 32.1 Å². The summed E-state index contributed by atoms with van der Waals surface area (Å²) in [6.45, 7) is 4.92. The number of nitrogens with zero attached hydrogens (tertiary/aromatic N) is 2. The molecule has 0 fully saturated rings. The third-order valence-electron chi connectivity index (χ3n) is 6.94. The smallest absolute Gasteiger partial charge is 0.228 e. The Labute approximate surface area is 212 Å². The number of aromatic nitrogens is 1. The number of aliphatic hydroxyl groups is 1. The highest BCUT2D eigenvalue weighted by atomic mass is 16.5. The van der Waals surface area contributed by atoms with Gasteiger partial charge in [0.2, 0.25) is 11.8 Å². The number of ether oxygens (including phenoxy) is 1. The van der Waals surface area contributed by atoms with Gasteiger partial charge in [-0.2, -0.15) is 0 Å². The lowest BCUT2D eigenvalue weighted by Gasteiger charge is -2.32. The van der Waals surface area contributed by atoms with Gasteiger partial charge in [-0.1, -0.05) is 25.1 Å². The maximum atomic E-state index is 13.2. The number of anilines is 1. The van der Waals surface area contributed by atoms with Crippen molar-refractivity contribution in [2.24, 2.45) is 13.0 Å². The second-order valence-corrected chi connectivity index (χ2v) is 9.78. The first-order valence-electron chi connectivity index (χ1n) is 12.5. The van der Waals surface area contributed by atoms with E-state index in [1.807, 2.05) is 74.2 Å². The van der Waals surface area contributed by atoms with Crippen molar-refractivity contribution in [1.29, 1.82) is 0 Å². The number of fused-ring (bicyclic) bond motifs is 2. The van der Waals surface area contributed by atoms with Crippen molar-refractivity contribution < 1.29 is 19.4 Å². The summed E-state index contributed by atoms with van der Waals surface area (Å²) in [5, 5.41) is 17.0. The van der Waals surface area contributed by atoms with E-state index in [0.29, 0.717) is 30.1 Å². The molecule has 0 aliphatic carbocycles. The van der Waals surface area contributed by atoms with Gasteiger partial charge in [0.25, 0.3) is 0 Å². The fraction of sp³-hybridized carbons (Fsp3) is 0.429. The molecule has 1 aromatic heterocycles. The van der Waals surface area contributed by atoms with Crippen LogP contribution in [0.25, 0.3) is 10.9 Å². The Morgan fingerprint density at radius 1 is 1.25 bits per heavy atom. The van der Waals surface area contributed by atoms with E-state index in [9.17, 15) is 14.7 Å². The zero-order valence-corrected chi connectivity index (χ0v) is 21.5. The molecule has 3 aromatic rings. The number of benzene rings is 2. The second-order valence-electron chi connectivity index (χ2n) is 9.78. The van der Waals surface area contributed by atoms with E-state index in [-0.39, 0.29) is 49.3 Å². The van der Waals surface area contributed by atoms with Crippen LogP contribution in [-0.4, -0.2) is 65.3 Å². The van der Waals surface area contributed by atoms with Gasteiger partial charge in [0.05, 0.1) is 25.5 Å². The van der Waals surface area contributed by atoms with Crippen LogP contribution in [0.15, 0.2) is 48.7 Å². The minimum absolute atomic E-state index is 0.0569. The summed E-state index contributed by atoms with van der Waals surface area (Å²) in [6, 6.07) is 13.2. The Bertz CT molecular complexity index is 1240. The van der Waals surface area contributed by atoms with E-state index in [0.717, 1.165) is 16.5 Å². The molecule has 1 aliphatic rings. The van der Waals surface area contributed by atoms with Gasteiger partial charge in [0, 0.05) is 54.4 Å². The highest BCUT2D eigenvalue weighted by Gasteiger charge is 2.30. The van der Waals surface area contributed by atoms with Crippen molar-refractivity contribution in [3.05, 3.63) is 59.8 Å². The molecule has 2 aromatic carbocycles. The molecule has 2 amide bonds. The highest BCUT2D eigenvalue weighted by molar-refractivity contribution is 5.96. The maximum Gasteiger partial charge on any atom is 0.228 e. The molecule has 4 rings (SSSR count). The van der Waals surface area contributed by atoms with Crippen molar-refractivity contribution in [1.82, 2.24) is 14.8 Å². The number of amides is 2. The quantitative estimate of drug-likeness (QED) is 0.471. The first-order chi connectivity index (χ1) is 17.3. The molecule has 2 heterocycles. The Balaban J connectivity index is 1.57. The lowest BCUT2D eigenvalue weighted by atomic mass is 10.0. The SMILES string of the molecule is CNC[C@H]1Oc2ccc(NC(=O)Cc3cn(C)c4ccccc34)cc2CC(=O)N([C@H](C)CO)C[C@@H]1C. The summed E-state index contributed by atoms with van der Waals surface area (Å²) < 4.78 is 8.39. The van der Waals surface area contributed by atoms with E-state index in [4.69, 9.17) is 4.74 Å². The number of aliphatic hydroxyl groups excluding tert-OH is 1. The second kappa shape index (κ2) is 11.1. The van der Waals surface area contributed by atoms with Crippen LogP contribution in [0.1, 0.15) is 25.0 Å². The number of likely N-dealkylation sites (N-methyl/N-ethyl adjacent to an activating group) is 1. The van der Waals surface area contributed by atoms with Gasteiger partial charge >= 0.3 is 0 Å². The zero-order valence-electron chi connectivity index (χ0n) is 21.5. The molecule has 0 saturated heterocycles. The lowest BCUT2D eigenvalue weighted by molar-refractivity contribution is -0.134. The van der Waals surface area contributed by atoms with Crippen LogP contribution in [0.5, 0.6) is 5.75 Å². The minimum atomic E-state index is -0.291. The van der Waals surface area contributed by atoms with Gasteiger partial charge in [-0.05, 0) is 43.8 Å². The van der Waals surface area contributed by atoms with E-state index in [1.54, 1.807) is 4.90 Å². The average molecular weight is 493 g/mol. The predicted molar refractivity (Wildman–Crippen MR) is 141 cm³/mol. The highest BCUT2D eigenvalue weighted by Crippen LogP contribution is 2.29. The van der Waals surface area contributed by atoms with Crippen LogP contribution >= 0.6 is 0 Å². The topological polar surface area (TPSA) is 95.8 Å². The molecule has 3 atom stereocenters. The number of nitrogens with one attached hydrogen (secondary N) is 2. The Morgan fingerprint density at radius 2 is 2.03 bits per heavy atom. The molecule has 192 valence electrons. The number of aryl methyl sites for hydroxylation is 1. The number of carbonyl (C=O) groups is 2. The first kappa shape index (κ1) is 25.7. The lowest BCUT2D eigenvalue weighted by Crippen LogP contribution is -2.47. The van der Waals surface area contributed by atoms with E-state index < -0.39 is 0 Å². The van der Waals surface area contributed by atoms with Gasteiger partial charge in [-0.15, -0.1) is 0 Å². The molecule has 0 saturated carbocycles. The van der Waals surface area contributed by atoms with E-state index in [2.05, 4.69) is 17.6 Å². The Hall–Kier alpha value is -3.36. The standard InChI is InChI=1S/C28H36N4O4/c1-18-15-32(19(2)17-33)28(35)13-20-11-22(9-10-25(20)36-26(18)14-29-3)30-27(34)12-21-16-31(4)24-8-6-5-7-23(21)24/h5-11,16,18-19,26,29,33H,12-15,17H2,1-4H3,(H,30,34)/t18-,19+,26+/m0/s1. The van der Waals surface area contributed by atoms with Crippen LogP contribution in [0.2, 0.25) is 0 Å². The molecule has 36 heavy (non-hydrogen) atoms. The molecule has 8 nitrogen and oxygen atoms in total. The van der Waals surface area contributed by atoms with E-state index in [1.165, 1.54) is 0 Å². The van der Waals surface area contributed by atoms with Crippen LogP contribution in [0.4, 0.5) is 5.69 Å². The summed E-state index contributed by atoms with van der Waals surface area (Å²) in [5.74, 6) is 0.499. The normalized spacial score (nSPS) is 19.1. The minimum Gasteiger partial charge on any atom is -0.488 e. The molecular formula is C28H36N4O4. The van der Waals surface area contributed by atoms with Crippen LogP contribution < -0.4 is 15.4 Å². The fourth-order valence-electron chi connectivity index (χ4n) is 4.90. The number of rotatable bonds is 7. The summed E-state index contributed by atoms with van der Waals surface area (Å²) >= 11 is 0. The predicted octanol–water partition coefficient (Wildman–Crippen LogP) is 2.73. The molecule has 0 radical (unpaired) electrons. The Kier molecular flexibility index (Phi) is 7.96. The summed E-state index contributed by atoms with van der Waals surface area (Å²) in [6.07, 6.45) is 2.21. The van der Waals surface area contributed by atoms with Crippen LogP contribution in [-0.2, 0) is 29.5 Å². The summed E-state index contributed by atoms with van der Waals surface area (Å²) in [4.78, 5) is 27.9. The van der Waals surface area contributed by atoms with Crippen molar-refractivity contribution in [3.8, 4) is 5.75 Å². The summed E-state index contributed by atoms with van der Waals surface area (Å²) in [7, 11) is 3.85. The fourth-order valence-corrected chi connectivity index (χ4v) is 4.90. The van der Waals surface area contributed by atoms with Crippen molar-refractivity contribution in [2.45, 2.75) is 38.8 Å². The van der Waals surface area contributed by atoms with Gasteiger partial charge in [0.1, 0.15) is 11.9 Å². The summed E-state index contributed by atoms with van der Waals surface area (Å²) in [5.41, 5.74) is 3.38. The number of carbonyl (C=O) groups excluding carboxylic acids is 2. The van der Waals surface area contributed by atoms with Crippen LogP contribution in [0, 0.1) is 5.92 Å². The third kappa shape index (κ3) is 5.55. The number of hydrogen-bond acceptors (Lipinski definition) is 5. The van der Waals surface area contributed by atoms with Gasteiger partial charge < -0.3 is 29.9 Å². The first-order valence-corrected chi connectivity index (χ1v) is 12.5. The van der Waals surface area contributed by atoms with Gasteiger partial charge in [-0.3, -0.25) is 9.59 Å². The number of hydrogen-bond donors (Lipinski definition) is 3. The molecule has 0 unspecified atom stereocenters. The van der Waals surface area contributed by atoms with Crippen LogP contribution in [0.3, 0.4) is 0 Å². The Morgan fingerprint density at radius 3 is 2.78 bits per heavy atom.